The van der Waals surface area contributed by atoms with Gasteiger partial charge in [0.15, 0.2) is 5.78 Å². The molecular weight excluding hydrogens is 256 g/mol. The van der Waals surface area contributed by atoms with E-state index in [1.807, 2.05) is 32.0 Å². The number of Topliss-reactive ketones (excluding diaryl/α,β-unsaturated/α-hetero) is 1. The van der Waals surface area contributed by atoms with Crippen LogP contribution < -0.4 is 0 Å². The Morgan fingerprint density at radius 3 is 2.42 bits per heavy atom. The van der Waals surface area contributed by atoms with E-state index in [-0.39, 0.29) is 5.78 Å². The number of carbonyl (C=O) groups is 1. The first kappa shape index (κ1) is 16.1. The maximum atomic E-state index is 12.4. The molecule has 0 aliphatic heterocycles. The van der Waals surface area contributed by atoms with Crippen LogP contribution in [0.25, 0.3) is 0 Å². The summed E-state index contributed by atoms with van der Waals surface area (Å²) in [5.74, 6) is 1.13. The molecule has 1 rings (SSSR count). The lowest BCUT2D eigenvalue weighted by Gasteiger charge is -2.13. The predicted molar refractivity (Wildman–Crippen MR) is 82.2 cm³/mol. The van der Waals surface area contributed by atoms with Crippen molar-refractivity contribution in [1.82, 2.24) is 0 Å². The normalized spacial score (nSPS) is 14.4. The van der Waals surface area contributed by atoms with Gasteiger partial charge in [-0.05, 0) is 44.7 Å². The maximum Gasteiger partial charge on any atom is 0.178 e. The lowest BCUT2D eigenvalue weighted by Crippen LogP contribution is -2.25. The van der Waals surface area contributed by atoms with Crippen LogP contribution in [0.3, 0.4) is 0 Å². The molecule has 0 bridgehead atoms. The molecule has 0 radical (unpaired) electrons. The molecular formula is C16H24O2S. The number of hydrogen-bond acceptors (Lipinski definition) is 2. The van der Waals surface area contributed by atoms with Crippen molar-refractivity contribution in [1.29, 1.82) is 0 Å². The predicted octanol–water partition coefficient (Wildman–Crippen LogP) is 3.67. The topological polar surface area (TPSA) is 34.1 Å². The number of aryl methyl sites for hydroxylation is 2. The minimum atomic E-state index is -1.08. The lowest BCUT2D eigenvalue weighted by atomic mass is 10.0. The first-order valence-corrected chi connectivity index (χ1v) is 8.19. The summed E-state index contributed by atoms with van der Waals surface area (Å²) in [7, 11) is -1.08. The fourth-order valence-corrected chi connectivity index (χ4v) is 3.29. The second-order valence-corrected chi connectivity index (χ2v) is 7.47. The number of hydrogen-bond donors (Lipinski definition) is 0. The fraction of sp³-hybridized carbons (Fsp3) is 0.562. The number of rotatable bonds is 6. The molecule has 2 nitrogen and oxygen atoms in total. The van der Waals surface area contributed by atoms with Crippen LogP contribution in [0.2, 0.25) is 0 Å². The average Bonchev–Trinajstić information content (AvgIpc) is 2.37. The van der Waals surface area contributed by atoms with Gasteiger partial charge in [-0.15, -0.1) is 0 Å². The van der Waals surface area contributed by atoms with Crippen molar-refractivity contribution in [2.45, 2.75) is 46.3 Å². The molecule has 19 heavy (non-hydrogen) atoms. The van der Waals surface area contributed by atoms with Gasteiger partial charge in [0.05, 0.1) is 5.25 Å². The van der Waals surface area contributed by atoms with Gasteiger partial charge in [-0.2, -0.15) is 0 Å². The van der Waals surface area contributed by atoms with Crippen LogP contribution >= 0.6 is 0 Å². The second kappa shape index (κ2) is 6.99. The average molecular weight is 280 g/mol. The van der Waals surface area contributed by atoms with Crippen LogP contribution in [0.5, 0.6) is 0 Å². The largest absolute Gasteiger partial charge is 0.293 e. The highest BCUT2D eigenvalue weighted by atomic mass is 32.2. The summed E-state index contributed by atoms with van der Waals surface area (Å²) in [5, 5.41) is -0.417. The Morgan fingerprint density at radius 1 is 1.21 bits per heavy atom. The van der Waals surface area contributed by atoms with Crippen molar-refractivity contribution < 1.29 is 9.00 Å². The monoisotopic (exact) mass is 280 g/mol. The van der Waals surface area contributed by atoms with Crippen molar-refractivity contribution in [2.24, 2.45) is 5.92 Å². The van der Waals surface area contributed by atoms with E-state index in [1.165, 1.54) is 0 Å². The van der Waals surface area contributed by atoms with Crippen molar-refractivity contribution in [3.63, 3.8) is 0 Å². The third-order valence-electron chi connectivity index (χ3n) is 3.32. The Hall–Kier alpha value is -0.960. The van der Waals surface area contributed by atoms with Gasteiger partial charge >= 0.3 is 0 Å². The number of ketones is 1. The van der Waals surface area contributed by atoms with Gasteiger partial charge in [0.1, 0.15) is 0 Å². The first-order valence-electron chi connectivity index (χ1n) is 6.81. The molecule has 0 saturated carbocycles. The summed E-state index contributed by atoms with van der Waals surface area (Å²) in [6.07, 6.45) is 0.900. The molecule has 0 amide bonds. The fourth-order valence-electron chi connectivity index (χ4n) is 1.87. The van der Waals surface area contributed by atoms with Gasteiger partial charge in [-0.3, -0.25) is 9.00 Å². The summed E-state index contributed by atoms with van der Waals surface area (Å²) in [6, 6.07) is 5.84. The van der Waals surface area contributed by atoms with Crippen molar-refractivity contribution in [3.05, 3.63) is 34.9 Å². The van der Waals surface area contributed by atoms with E-state index in [0.29, 0.717) is 17.2 Å². The zero-order valence-corrected chi connectivity index (χ0v) is 13.3. The van der Waals surface area contributed by atoms with Crippen LogP contribution in [0.15, 0.2) is 18.2 Å². The van der Waals surface area contributed by atoms with E-state index in [4.69, 9.17) is 0 Å². The van der Waals surface area contributed by atoms with E-state index < -0.39 is 16.0 Å². The highest BCUT2D eigenvalue weighted by Gasteiger charge is 2.22. The molecule has 1 aromatic rings. The Morgan fingerprint density at radius 2 is 1.84 bits per heavy atom. The van der Waals surface area contributed by atoms with E-state index in [1.54, 1.807) is 6.92 Å². The molecule has 0 aromatic heterocycles. The lowest BCUT2D eigenvalue weighted by molar-refractivity contribution is 0.0992. The minimum absolute atomic E-state index is 0.00305. The van der Waals surface area contributed by atoms with E-state index in [9.17, 15) is 9.00 Å². The van der Waals surface area contributed by atoms with E-state index >= 15 is 0 Å². The molecule has 0 fully saturated rings. The molecule has 0 heterocycles. The maximum absolute atomic E-state index is 12.4. The van der Waals surface area contributed by atoms with Crippen LogP contribution in [0.1, 0.15) is 48.7 Å². The Kier molecular flexibility index (Phi) is 5.92. The van der Waals surface area contributed by atoms with Crippen LogP contribution in [0, 0.1) is 19.8 Å². The Bertz CT molecular complexity index is 478. The zero-order chi connectivity index (χ0) is 14.6. The molecule has 2 atom stereocenters. The van der Waals surface area contributed by atoms with Crippen LogP contribution in [0.4, 0.5) is 0 Å². The van der Waals surface area contributed by atoms with Crippen molar-refractivity contribution >= 4 is 16.6 Å². The first-order chi connectivity index (χ1) is 8.82. The van der Waals surface area contributed by atoms with Crippen molar-refractivity contribution in [3.8, 4) is 0 Å². The van der Waals surface area contributed by atoms with Gasteiger partial charge in [0.2, 0.25) is 0 Å². The molecule has 2 unspecified atom stereocenters. The SMILES string of the molecule is Cc1ccc(C)c(C(=O)C(C)S(=O)CCC(C)C)c1. The van der Waals surface area contributed by atoms with Gasteiger partial charge in [-0.25, -0.2) is 0 Å². The Balaban J connectivity index is 2.81. The van der Waals surface area contributed by atoms with Gasteiger partial charge in [0.25, 0.3) is 0 Å². The molecule has 0 aliphatic carbocycles. The summed E-state index contributed by atoms with van der Waals surface area (Å²) in [5.41, 5.74) is 2.74. The van der Waals surface area contributed by atoms with E-state index in [2.05, 4.69) is 13.8 Å². The Labute approximate surface area is 119 Å². The number of benzene rings is 1. The molecule has 0 N–H and O–H groups in total. The van der Waals surface area contributed by atoms with Crippen LogP contribution in [-0.4, -0.2) is 21.0 Å². The second-order valence-electron chi connectivity index (χ2n) is 5.59. The van der Waals surface area contributed by atoms with E-state index in [0.717, 1.165) is 17.5 Å². The van der Waals surface area contributed by atoms with Crippen molar-refractivity contribution in [2.75, 3.05) is 5.75 Å². The highest BCUT2D eigenvalue weighted by molar-refractivity contribution is 7.86. The quantitative estimate of drug-likeness (QED) is 0.745. The molecule has 106 valence electrons. The van der Waals surface area contributed by atoms with Gasteiger partial charge in [-0.1, -0.05) is 31.5 Å². The summed E-state index contributed by atoms with van der Waals surface area (Å²) >= 11 is 0. The zero-order valence-electron chi connectivity index (χ0n) is 12.5. The summed E-state index contributed by atoms with van der Waals surface area (Å²) in [4.78, 5) is 12.4. The standard InChI is InChI=1S/C16H24O2S/c1-11(2)8-9-19(18)14(5)16(17)15-10-12(3)6-7-13(15)4/h6-7,10-11,14H,8-9H2,1-5H3. The number of carbonyl (C=O) groups excluding carboxylic acids is 1. The molecule has 0 spiro atoms. The third kappa shape index (κ3) is 4.57. The molecule has 3 heteroatoms. The minimum Gasteiger partial charge on any atom is -0.293 e. The summed E-state index contributed by atoms with van der Waals surface area (Å²) in [6.45, 7) is 9.89. The highest BCUT2D eigenvalue weighted by Crippen LogP contribution is 2.16. The van der Waals surface area contributed by atoms with Crippen LogP contribution in [-0.2, 0) is 10.8 Å². The summed E-state index contributed by atoms with van der Waals surface area (Å²) < 4.78 is 12.1. The smallest absolute Gasteiger partial charge is 0.178 e. The van der Waals surface area contributed by atoms with Gasteiger partial charge in [0, 0.05) is 22.1 Å². The van der Waals surface area contributed by atoms with Gasteiger partial charge < -0.3 is 0 Å². The molecule has 0 aliphatic rings. The third-order valence-corrected chi connectivity index (χ3v) is 4.96. The molecule has 1 aromatic carbocycles. The molecule has 0 saturated heterocycles.